The molecule has 1 aliphatic rings. The van der Waals surface area contributed by atoms with Crippen molar-refractivity contribution >= 4 is 11.7 Å². The van der Waals surface area contributed by atoms with Crippen LogP contribution in [-0.4, -0.2) is 30.3 Å². The van der Waals surface area contributed by atoms with E-state index in [2.05, 4.69) is 15.6 Å². The number of rotatable bonds is 5. The molecule has 0 radical (unpaired) electrons. The van der Waals surface area contributed by atoms with Crippen LogP contribution in [-0.2, 0) is 4.74 Å². The monoisotopic (exact) mass is 331 g/mol. The zero-order valence-electron chi connectivity index (χ0n) is 13.0. The highest BCUT2D eigenvalue weighted by Gasteiger charge is 2.16. The molecule has 1 aromatic carbocycles. The van der Waals surface area contributed by atoms with Crippen molar-refractivity contribution in [3.63, 3.8) is 0 Å². The minimum absolute atomic E-state index is 0.0934. The molecular weight excluding hydrogens is 313 g/mol. The van der Waals surface area contributed by atoms with Crippen molar-refractivity contribution in [3.8, 4) is 11.6 Å². The van der Waals surface area contributed by atoms with Crippen LogP contribution in [0.5, 0.6) is 11.6 Å². The summed E-state index contributed by atoms with van der Waals surface area (Å²) in [5, 5.41) is 5.44. The van der Waals surface area contributed by atoms with E-state index in [9.17, 15) is 9.18 Å². The highest BCUT2D eigenvalue weighted by molar-refractivity contribution is 5.89. The fraction of sp³-hybridized carbons (Fsp3) is 0.294. The van der Waals surface area contributed by atoms with Crippen molar-refractivity contribution < 1.29 is 18.7 Å². The Labute approximate surface area is 139 Å². The van der Waals surface area contributed by atoms with E-state index in [0.717, 1.165) is 19.4 Å². The molecule has 1 fully saturated rings. The van der Waals surface area contributed by atoms with Gasteiger partial charge in [0.05, 0.1) is 18.0 Å². The number of halogens is 1. The number of benzene rings is 1. The molecule has 2 N–H and O–H groups in total. The number of carbonyl (C=O) groups is 1. The SMILES string of the molecule is O=C(NC[C@@H]1CCCO1)Nc1ccc(Oc2cccc(F)c2)nc1. The summed E-state index contributed by atoms with van der Waals surface area (Å²) in [6.07, 6.45) is 3.56. The predicted octanol–water partition coefficient (Wildman–Crippen LogP) is 3.31. The van der Waals surface area contributed by atoms with Crippen molar-refractivity contribution in [1.82, 2.24) is 10.3 Å². The van der Waals surface area contributed by atoms with Gasteiger partial charge in [0.1, 0.15) is 11.6 Å². The molecule has 2 aromatic rings. The van der Waals surface area contributed by atoms with Gasteiger partial charge in [0.2, 0.25) is 5.88 Å². The van der Waals surface area contributed by atoms with Gasteiger partial charge in [-0.25, -0.2) is 14.2 Å². The first-order chi connectivity index (χ1) is 11.7. The number of hydrogen-bond donors (Lipinski definition) is 2. The molecule has 6 nitrogen and oxygen atoms in total. The summed E-state index contributed by atoms with van der Waals surface area (Å²) in [4.78, 5) is 15.9. The molecule has 0 unspecified atom stereocenters. The average molecular weight is 331 g/mol. The van der Waals surface area contributed by atoms with Crippen LogP contribution in [0.25, 0.3) is 0 Å². The minimum atomic E-state index is -0.381. The highest BCUT2D eigenvalue weighted by Crippen LogP contribution is 2.21. The lowest BCUT2D eigenvalue weighted by atomic mass is 10.2. The van der Waals surface area contributed by atoms with E-state index in [4.69, 9.17) is 9.47 Å². The van der Waals surface area contributed by atoms with Crippen molar-refractivity contribution in [1.29, 1.82) is 0 Å². The van der Waals surface area contributed by atoms with Crippen molar-refractivity contribution in [2.75, 3.05) is 18.5 Å². The lowest BCUT2D eigenvalue weighted by Gasteiger charge is -2.12. The van der Waals surface area contributed by atoms with Crippen molar-refractivity contribution in [2.24, 2.45) is 0 Å². The Balaban J connectivity index is 1.49. The first-order valence-electron chi connectivity index (χ1n) is 7.75. The molecular formula is C17H18FN3O3. The summed E-state index contributed by atoms with van der Waals surface area (Å²) in [6.45, 7) is 1.24. The van der Waals surface area contributed by atoms with Crippen LogP contribution in [0.1, 0.15) is 12.8 Å². The molecule has 0 bridgehead atoms. The molecule has 1 atom stereocenters. The number of nitrogens with one attached hydrogen (secondary N) is 2. The van der Waals surface area contributed by atoms with Crippen LogP contribution in [0.2, 0.25) is 0 Å². The Morgan fingerprint density at radius 1 is 1.38 bits per heavy atom. The van der Waals surface area contributed by atoms with Gasteiger partial charge in [-0.3, -0.25) is 0 Å². The highest BCUT2D eigenvalue weighted by atomic mass is 19.1. The van der Waals surface area contributed by atoms with Gasteiger partial charge in [0, 0.05) is 25.3 Å². The molecule has 126 valence electrons. The van der Waals surface area contributed by atoms with Gasteiger partial charge in [-0.2, -0.15) is 0 Å². The van der Waals surface area contributed by atoms with Gasteiger partial charge in [0.25, 0.3) is 0 Å². The Kier molecular flexibility index (Phi) is 5.22. The van der Waals surface area contributed by atoms with Crippen LogP contribution in [0.3, 0.4) is 0 Å². The summed E-state index contributed by atoms with van der Waals surface area (Å²) in [7, 11) is 0. The van der Waals surface area contributed by atoms with Gasteiger partial charge in [-0.1, -0.05) is 6.07 Å². The predicted molar refractivity (Wildman–Crippen MR) is 86.7 cm³/mol. The van der Waals surface area contributed by atoms with E-state index in [1.807, 2.05) is 0 Å². The molecule has 0 saturated carbocycles. The van der Waals surface area contributed by atoms with Crippen LogP contribution < -0.4 is 15.4 Å². The number of anilines is 1. The maximum absolute atomic E-state index is 13.1. The van der Waals surface area contributed by atoms with Crippen LogP contribution >= 0.6 is 0 Å². The lowest BCUT2D eigenvalue weighted by Crippen LogP contribution is -2.35. The van der Waals surface area contributed by atoms with E-state index in [1.165, 1.54) is 18.3 Å². The number of pyridine rings is 1. The Bertz CT molecular complexity index is 688. The molecule has 2 amide bonds. The van der Waals surface area contributed by atoms with Gasteiger partial charge >= 0.3 is 6.03 Å². The third-order valence-corrected chi connectivity index (χ3v) is 3.53. The number of hydrogen-bond acceptors (Lipinski definition) is 4. The van der Waals surface area contributed by atoms with E-state index in [0.29, 0.717) is 23.9 Å². The smallest absolute Gasteiger partial charge is 0.319 e. The Morgan fingerprint density at radius 2 is 2.29 bits per heavy atom. The molecule has 0 spiro atoms. The first kappa shape index (κ1) is 16.2. The van der Waals surface area contributed by atoms with E-state index in [1.54, 1.807) is 24.3 Å². The fourth-order valence-electron chi connectivity index (χ4n) is 2.35. The maximum atomic E-state index is 13.1. The van der Waals surface area contributed by atoms with Crippen LogP contribution in [0, 0.1) is 5.82 Å². The molecule has 2 heterocycles. The molecule has 0 aliphatic carbocycles. The molecule has 3 rings (SSSR count). The number of amides is 2. The second-order valence-corrected chi connectivity index (χ2v) is 5.41. The summed E-state index contributed by atoms with van der Waals surface area (Å²) in [6, 6.07) is 8.74. The van der Waals surface area contributed by atoms with Gasteiger partial charge in [0.15, 0.2) is 0 Å². The normalized spacial score (nSPS) is 16.6. The molecule has 1 aliphatic heterocycles. The van der Waals surface area contributed by atoms with Crippen LogP contribution in [0.15, 0.2) is 42.6 Å². The van der Waals surface area contributed by atoms with E-state index < -0.39 is 0 Å². The maximum Gasteiger partial charge on any atom is 0.319 e. The third kappa shape index (κ3) is 4.66. The molecule has 1 aromatic heterocycles. The van der Waals surface area contributed by atoms with Crippen molar-refractivity contribution in [2.45, 2.75) is 18.9 Å². The summed E-state index contributed by atoms with van der Waals surface area (Å²) in [5.41, 5.74) is 0.534. The van der Waals surface area contributed by atoms with Gasteiger partial charge in [-0.15, -0.1) is 0 Å². The number of nitrogens with zero attached hydrogens (tertiary/aromatic N) is 1. The number of urea groups is 1. The lowest BCUT2D eigenvalue weighted by molar-refractivity contribution is 0.112. The quantitative estimate of drug-likeness (QED) is 0.881. The zero-order chi connectivity index (χ0) is 16.8. The Hall–Kier alpha value is -2.67. The number of aromatic nitrogens is 1. The number of carbonyl (C=O) groups excluding carboxylic acids is 1. The van der Waals surface area contributed by atoms with Gasteiger partial charge in [-0.05, 0) is 31.0 Å². The van der Waals surface area contributed by atoms with E-state index >= 15 is 0 Å². The third-order valence-electron chi connectivity index (χ3n) is 3.53. The molecule has 24 heavy (non-hydrogen) atoms. The van der Waals surface area contributed by atoms with Crippen molar-refractivity contribution in [3.05, 3.63) is 48.4 Å². The largest absolute Gasteiger partial charge is 0.439 e. The summed E-state index contributed by atoms with van der Waals surface area (Å²) < 4.78 is 24.0. The standard InChI is InChI=1S/C17H18FN3O3/c18-12-3-1-4-14(9-12)24-16-7-6-13(10-19-16)21-17(22)20-11-15-5-2-8-23-15/h1,3-4,6-7,9-10,15H,2,5,8,11H2,(H2,20,21,22)/t15-/m0/s1. The molecule has 1 saturated heterocycles. The van der Waals surface area contributed by atoms with Gasteiger partial charge < -0.3 is 20.1 Å². The average Bonchev–Trinajstić information content (AvgIpc) is 3.08. The topological polar surface area (TPSA) is 72.5 Å². The van der Waals surface area contributed by atoms with E-state index in [-0.39, 0.29) is 18.0 Å². The van der Waals surface area contributed by atoms with Crippen LogP contribution in [0.4, 0.5) is 14.9 Å². The summed E-state index contributed by atoms with van der Waals surface area (Å²) in [5.74, 6) is 0.289. The summed E-state index contributed by atoms with van der Waals surface area (Å²) >= 11 is 0. The minimum Gasteiger partial charge on any atom is -0.439 e. The second-order valence-electron chi connectivity index (χ2n) is 5.41. The zero-order valence-corrected chi connectivity index (χ0v) is 13.0. The fourth-order valence-corrected chi connectivity index (χ4v) is 2.35. The first-order valence-corrected chi connectivity index (χ1v) is 7.75. The second kappa shape index (κ2) is 7.74. The number of ether oxygens (including phenoxy) is 2. The Morgan fingerprint density at radius 3 is 3.00 bits per heavy atom. The molecule has 7 heteroatoms.